The molecule has 1 atom stereocenters. The number of carbonyl (C=O) groups is 1. The van der Waals surface area contributed by atoms with Crippen molar-refractivity contribution < 1.29 is 45.6 Å². The summed E-state index contributed by atoms with van der Waals surface area (Å²) in [5, 5.41) is 8.29. The second-order valence-corrected chi connectivity index (χ2v) is 1.84. The average Bonchev–Trinajstić information content (AvgIpc) is 2.12. The van der Waals surface area contributed by atoms with Crippen molar-refractivity contribution in [1.29, 1.82) is 0 Å². The van der Waals surface area contributed by atoms with Crippen molar-refractivity contribution in [3.8, 4) is 0 Å². The average molecular weight is 140 g/mol. The van der Waals surface area contributed by atoms with E-state index in [9.17, 15) is 4.79 Å². The molecule has 1 fully saturated rings. The Kier molecular flexibility index (Phi) is 4.48. The zero-order valence-electron chi connectivity index (χ0n) is 6.46. The maximum atomic E-state index is 10.1. The van der Waals surface area contributed by atoms with Gasteiger partial charge in [-0.2, -0.15) is 0 Å². The van der Waals surface area contributed by atoms with Crippen molar-refractivity contribution in [3.63, 3.8) is 0 Å². The molecule has 0 aromatic heterocycles. The van der Waals surface area contributed by atoms with E-state index < -0.39 is 12.1 Å². The first-order chi connectivity index (χ1) is 3.80. The third kappa shape index (κ3) is 2.67. The summed E-state index contributed by atoms with van der Waals surface area (Å²) >= 11 is 0. The Hall–Kier alpha value is 0.430. The molecule has 0 radical (unpaired) electrons. The van der Waals surface area contributed by atoms with Crippen LogP contribution in [0.2, 0.25) is 0 Å². The number of ether oxygens (including phenoxy) is 1. The molecule has 0 bridgehead atoms. The number of carboxylic acid groups (broad SMARTS) is 1. The Morgan fingerprint density at radius 1 is 1.78 bits per heavy atom. The van der Waals surface area contributed by atoms with Crippen molar-refractivity contribution in [2.75, 3.05) is 6.61 Å². The molecule has 0 spiro atoms. The van der Waals surface area contributed by atoms with E-state index in [2.05, 4.69) is 0 Å². The van der Waals surface area contributed by atoms with Gasteiger partial charge in [-0.1, -0.05) is 0 Å². The monoisotopic (exact) mass is 140 g/mol. The summed E-state index contributed by atoms with van der Waals surface area (Å²) in [4.78, 5) is 10.1. The summed E-state index contributed by atoms with van der Waals surface area (Å²) in [5.41, 5.74) is 0. The molecule has 1 aliphatic rings. The van der Waals surface area contributed by atoms with Gasteiger partial charge in [-0.25, -0.2) is 4.79 Å². The van der Waals surface area contributed by atoms with Crippen LogP contribution in [0.4, 0.5) is 0 Å². The molecule has 3 nitrogen and oxygen atoms in total. The van der Waals surface area contributed by atoms with Crippen LogP contribution in [-0.2, 0) is 9.53 Å². The van der Waals surface area contributed by atoms with Gasteiger partial charge in [0.2, 0.25) is 0 Å². The molecule has 1 aliphatic heterocycles. The minimum Gasteiger partial charge on any atom is -1.00 e. The van der Waals surface area contributed by atoms with Crippen LogP contribution >= 0.6 is 0 Å². The Balaban J connectivity index is 0. The number of hydrogen-bond acceptors (Lipinski definition) is 2. The van der Waals surface area contributed by atoms with E-state index >= 15 is 0 Å². The van der Waals surface area contributed by atoms with E-state index in [1.165, 1.54) is 0 Å². The molecule has 0 saturated carbocycles. The number of aliphatic carboxylic acids is 1. The van der Waals surface area contributed by atoms with Gasteiger partial charge >= 0.3 is 35.5 Å². The zero-order valence-corrected chi connectivity index (χ0v) is 7.46. The normalized spacial score (nSPS) is 25.1. The standard InChI is InChI=1S/C5H8O3.Na.H/c6-5(7)4-2-1-3-8-4;;/h4H,1-3H2,(H,6,7);;/q;+1;-1/t4-;;/m1../s1. The van der Waals surface area contributed by atoms with Crippen LogP contribution in [0.5, 0.6) is 0 Å². The molecular formula is C5H9NaO3. The van der Waals surface area contributed by atoms with E-state index in [0.29, 0.717) is 13.0 Å². The van der Waals surface area contributed by atoms with Gasteiger partial charge in [0.05, 0.1) is 0 Å². The largest absolute Gasteiger partial charge is 1.00 e. The van der Waals surface area contributed by atoms with Gasteiger partial charge in [0, 0.05) is 6.61 Å². The molecule has 1 N–H and O–H groups in total. The molecule has 1 rings (SSSR count). The summed E-state index contributed by atoms with van der Waals surface area (Å²) < 4.78 is 4.81. The molecule has 0 aromatic rings. The van der Waals surface area contributed by atoms with E-state index in [4.69, 9.17) is 9.84 Å². The Bertz CT molecular complexity index is 103. The second kappa shape index (κ2) is 4.28. The van der Waals surface area contributed by atoms with Gasteiger partial charge in [0.25, 0.3) is 0 Å². The van der Waals surface area contributed by atoms with Gasteiger partial charge in [0.1, 0.15) is 0 Å². The Labute approximate surface area is 77.2 Å². The summed E-state index contributed by atoms with van der Waals surface area (Å²) in [6.07, 6.45) is 1.04. The van der Waals surface area contributed by atoms with Gasteiger partial charge in [-0.15, -0.1) is 0 Å². The van der Waals surface area contributed by atoms with Gasteiger partial charge in [-0.05, 0) is 12.8 Å². The molecule has 4 heteroatoms. The SMILES string of the molecule is O=C(O)[C@H]1CCCO1.[H-].[Na+]. The molecule has 1 heterocycles. The fraction of sp³-hybridized carbons (Fsp3) is 0.800. The fourth-order valence-corrected chi connectivity index (χ4v) is 0.772. The van der Waals surface area contributed by atoms with Crippen molar-refractivity contribution in [2.24, 2.45) is 0 Å². The predicted molar refractivity (Wildman–Crippen MR) is 27.7 cm³/mol. The van der Waals surface area contributed by atoms with Gasteiger partial charge in [-0.3, -0.25) is 0 Å². The first-order valence-corrected chi connectivity index (χ1v) is 2.65. The van der Waals surface area contributed by atoms with Gasteiger partial charge < -0.3 is 11.3 Å². The smallest absolute Gasteiger partial charge is 1.00 e. The van der Waals surface area contributed by atoms with Crippen LogP contribution in [0.25, 0.3) is 0 Å². The summed E-state index contributed by atoms with van der Waals surface area (Å²) in [6, 6.07) is 0. The number of hydrogen-bond donors (Lipinski definition) is 1. The van der Waals surface area contributed by atoms with Crippen molar-refractivity contribution in [1.82, 2.24) is 0 Å². The second-order valence-electron chi connectivity index (χ2n) is 1.84. The Morgan fingerprint density at radius 2 is 2.44 bits per heavy atom. The first kappa shape index (κ1) is 9.43. The van der Waals surface area contributed by atoms with Crippen molar-refractivity contribution in [3.05, 3.63) is 0 Å². The fourth-order valence-electron chi connectivity index (χ4n) is 0.772. The van der Waals surface area contributed by atoms with E-state index in [-0.39, 0.29) is 31.0 Å². The van der Waals surface area contributed by atoms with Crippen LogP contribution in [0, 0.1) is 0 Å². The minimum atomic E-state index is -0.831. The minimum absolute atomic E-state index is 0. The van der Waals surface area contributed by atoms with Crippen molar-refractivity contribution >= 4 is 5.97 Å². The molecule has 9 heavy (non-hydrogen) atoms. The molecule has 0 aromatic carbocycles. The quantitative estimate of drug-likeness (QED) is 0.405. The van der Waals surface area contributed by atoms with Crippen molar-refractivity contribution in [2.45, 2.75) is 18.9 Å². The third-order valence-corrected chi connectivity index (χ3v) is 1.21. The van der Waals surface area contributed by atoms with E-state index in [1.54, 1.807) is 0 Å². The molecule has 48 valence electrons. The van der Waals surface area contributed by atoms with Crippen LogP contribution in [0.3, 0.4) is 0 Å². The van der Waals surface area contributed by atoms with Crippen LogP contribution < -0.4 is 29.6 Å². The Morgan fingerprint density at radius 3 is 2.67 bits per heavy atom. The van der Waals surface area contributed by atoms with E-state index in [0.717, 1.165) is 6.42 Å². The number of carboxylic acids is 1. The summed E-state index contributed by atoms with van der Waals surface area (Å²) in [7, 11) is 0. The first-order valence-electron chi connectivity index (χ1n) is 2.65. The summed E-state index contributed by atoms with van der Waals surface area (Å²) in [6.45, 7) is 0.608. The van der Waals surface area contributed by atoms with E-state index in [1.807, 2.05) is 0 Å². The number of rotatable bonds is 1. The van der Waals surface area contributed by atoms with Crippen LogP contribution in [-0.4, -0.2) is 23.8 Å². The molecule has 1 saturated heterocycles. The predicted octanol–water partition coefficient (Wildman–Crippen LogP) is -2.63. The molecular weight excluding hydrogens is 131 g/mol. The van der Waals surface area contributed by atoms with Crippen LogP contribution in [0.15, 0.2) is 0 Å². The zero-order chi connectivity index (χ0) is 5.98. The van der Waals surface area contributed by atoms with Gasteiger partial charge in [0.15, 0.2) is 6.10 Å². The van der Waals surface area contributed by atoms with Crippen LogP contribution in [0.1, 0.15) is 14.3 Å². The topological polar surface area (TPSA) is 46.5 Å². The molecule has 0 unspecified atom stereocenters. The maximum Gasteiger partial charge on any atom is 1.00 e. The molecule has 0 aliphatic carbocycles. The maximum absolute atomic E-state index is 10.1. The third-order valence-electron chi connectivity index (χ3n) is 1.21. The summed E-state index contributed by atoms with van der Waals surface area (Å²) in [5.74, 6) is -0.831. The molecule has 0 amide bonds.